The van der Waals surface area contributed by atoms with Crippen molar-refractivity contribution in [1.82, 2.24) is 0 Å². The number of anilines is 6. The third-order valence-corrected chi connectivity index (χ3v) is 12.5. The van der Waals surface area contributed by atoms with E-state index in [9.17, 15) is 0 Å². The highest BCUT2D eigenvalue weighted by Gasteiger charge is 2.36. The molecule has 10 rings (SSSR count). The summed E-state index contributed by atoms with van der Waals surface area (Å²) in [6.45, 7) is 13.5. The van der Waals surface area contributed by atoms with Crippen LogP contribution in [0.2, 0.25) is 0 Å². The van der Waals surface area contributed by atoms with Gasteiger partial charge in [-0.2, -0.15) is 0 Å². The molecule has 0 heterocycles. The monoisotopic (exact) mass is 786 g/mol. The van der Waals surface area contributed by atoms with Gasteiger partial charge in [-0.1, -0.05) is 135 Å². The van der Waals surface area contributed by atoms with Gasteiger partial charge in [-0.3, -0.25) is 0 Å². The van der Waals surface area contributed by atoms with E-state index in [1.54, 1.807) is 0 Å². The van der Waals surface area contributed by atoms with Crippen molar-refractivity contribution in [3.05, 3.63) is 226 Å². The van der Waals surface area contributed by atoms with Crippen LogP contribution in [-0.4, -0.2) is 0 Å². The summed E-state index contributed by atoms with van der Waals surface area (Å²) >= 11 is 0. The van der Waals surface area contributed by atoms with Crippen LogP contribution in [0.3, 0.4) is 0 Å². The second-order valence-electron chi connectivity index (χ2n) is 17.5. The third kappa shape index (κ3) is 7.19. The minimum absolute atomic E-state index is 0.176. The number of nitrogens with zero attached hydrogens (tertiary/aromatic N) is 2. The fraction of sp³-hybridized carbons (Fsp3) is 0.119. The minimum Gasteiger partial charge on any atom is -0.310 e. The maximum atomic E-state index is 2.43. The molecule has 1 aliphatic rings. The lowest BCUT2D eigenvalue weighted by molar-refractivity contribution is 0.660. The van der Waals surface area contributed by atoms with E-state index in [0.717, 1.165) is 28.3 Å². The number of hydrogen-bond donors (Lipinski definition) is 0. The van der Waals surface area contributed by atoms with Crippen LogP contribution in [0, 0.1) is 27.7 Å². The van der Waals surface area contributed by atoms with Gasteiger partial charge >= 0.3 is 0 Å². The molecular weight excluding hydrogens is 737 g/mol. The Hall–Kier alpha value is -7.16. The molecule has 2 heteroatoms. The van der Waals surface area contributed by atoms with E-state index < -0.39 is 0 Å². The SMILES string of the molecule is Cc1cc(C)cc(N(c2ccc(/C=C/c3ccc4c(c3)C(C)(C)c3cc(N(c5cc(C)cc(C)c5)c5ccc6ccccc6c5)ccc3-4)cc2)c2ccc3ccccc3c2)c1. The van der Waals surface area contributed by atoms with Gasteiger partial charge in [-0.05, 0) is 178 Å². The first-order valence-electron chi connectivity index (χ1n) is 21.4. The standard InChI is InChI=1S/C59H50N2/c1-39-29-40(2)32-53(31-39)60(50-24-20-45-11-7-9-13-47(45)36-50)49-22-17-43(18-23-49)15-16-44-19-27-55-56-28-26-52(38-58(56)59(5,6)57(55)35-44)61(54-33-41(3)30-42(4)34-54)51-25-21-46-12-8-10-14-48(46)37-51/h7-38H,1-6H3/b16-15+. The average molecular weight is 787 g/mol. The highest BCUT2D eigenvalue weighted by molar-refractivity contribution is 5.92. The van der Waals surface area contributed by atoms with E-state index >= 15 is 0 Å². The van der Waals surface area contributed by atoms with Crippen molar-refractivity contribution < 1.29 is 0 Å². The molecule has 296 valence electrons. The van der Waals surface area contributed by atoms with Crippen molar-refractivity contribution in [3.63, 3.8) is 0 Å². The first-order valence-corrected chi connectivity index (χ1v) is 21.4. The lowest BCUT2D eigenvalue weighted by Gasteiger charge is -2.29. The Balaban J connectivity index is 0.957. The Bertz CT molecular complexity index is 3130. The molecule has 0 N–H and O–H groups in total. The molecule has 0 atom stereocenters. The molecule has 0 amide bonds. The molecule has 0 radical (unpaired) electrons. The van der Waals surface area contributed by atoms with Gasteiger partial charge in [0.1, 0.15) is 0 Å². The van der Waals surface area contributed by atoms with E-state index in [1.807, 2.05) is 0 Å². The second-order valence-corrected chi connectivity index (χ2v) is 17.5. The van der Waals surface area contributed by atoms with Crippen LogP contribution in [0.15, 0.2) is 182 Å². The van der Waals surface area contributed by atoms with Crippen LogP contribution in [0.1, 0.15) is 58.4 Å². The molecule has 0 unspecified atom stereocenters. The fourth-order valence-corrected chi connectivity index (χ4v) is 9.60. The van der Waals surface area contributed by atoms with Crippen molar-refractivity contribution in [2.75, 3.05) is 9.80 Å². The van der Waals surface area contributed by atoms with Crippen LogP contribution in [0.5, 0.6) is 0 Å². The van der Waals surface area contributed by atoms with Gasteiger partial charge < -0.3 is 9.80 Å². The lowest BCUT2D eigenvalue weighted by atomic mass is 9.81. The molecule has 0 aliphatic heterocycles. The zero-order valence-corrected chi connectivity index (χ0v) is 35.9. The summed E-state index contributed by atoms with van der Waals surface area (Å²) in [6, 6.07) is 67.4. The Morgan fingerprint density at radius 2 is 0.721 bits per heavy atom. The molecular formula is C59H50N2. The first kappa shape index (κ1) is 38.1. The van der Waals surface area contributed by atoms with Gasteiger partial charge in [-0.15, -0.1) is 0 Å². The van der Waals surface area contributed by atoms with Crippen molar-refractivity contribution in [2.24, 2.45) is 0 Å². The summed E-state index contributed by atoms with van der Waals surface area (Å²) in [7, 11) is 0. The van der Waals surface area contributed by atoms with Crippen molar-refractivity contribution in [1.29, 1.82) is 0 Å². The number of rotatable bonds is 8. The van der Waals surface area contributed by atoms with Gasteiger partial charge in [-0.25, -0.2) is 0 Å². The van der Waals surface area contributed by atoms with Gasteiger partial charge in [0.05, 0.1) is 0 Å². The van der Waals surface area contributed by atoms with Gasteiger partial charge in [0.25, 0.3) is 0 Å². The molecule has 0 fully saturated rings. The highest BCUT2D eigenvalue weighted by atomic mass is 15.1. The molecule has 0 bridgehead atoms. The van der Waals surface area contributed by atoms with Crippen molar-refractivity contribution in [3.8, 4) is 11.1 Å². The second kappa shape index (κ2) is 15.1. The highest BCUT2D eigenvalue weighted by Crippen LogP contribution is 2.51. The zero-order chi connectivity index (χ0) is 41.8. The number of fused-ring (bicyclic) bond motifs is 5. The number of aryl methyl sites for hydroxylation is 4. The Morgan fingerprint density at radius 3 is 1.26 bits per heavy atom. The molecule has 0 saturated carbocycles. The van der Waals surface area contributed by atoms with Crippen molar-refractivity contribution in [2.45, 2.75) is 47.0 Å². The predicted octanol–water partition coefficient (Wildman–Crippen LogP) is 16.6. The van der Waals surface area contributed by atoms with Gasteiger partial charge in [0.15, 0.2) is 0 Å². The smallest absolute Gasteiger partial charge is 0.0468 e. The maximum absolute atomic E-state index is 2.43. The van der Waals surface area contributed by atoms with E-state index in [0.29, 0.717) is 0 Å². The largest absolute Gasteiger partial charge is 0.310 e. The molecule has 9 aromatic carbocycles. The summed E-state index contributed by atoms with van der Waals surface area (Å²) in [5.74, 6) is 0. The maximum Gasteiger partial charge on any atom is 0.0468 e. The molecule has 0 aromatic heterocycles. The van der Waals surface area contributed by atoms with Gasteiger partial charge in [0.2, 0.25) is 0 Å². The molecule has 0 spiro atoms. The summed E-state index contributed by atoms with van der Waals surface area (Å²) in [6.07, 6.45) is 4.49. The van der Waals surface area contributed by atoms with Gasteiger partial charge in [0, 0.05) is 39.5 Å². The third-order valence-electron chi connectivity index (χ3n) is 12.5. The van der Waals surface area contributed by atoms with E-state index in [2.05, 4.69) is 245 Å². The molecule has 9 aromatic rings. The fourth-order valence-electron chi connectivity index (χ4n) is 9.60. The normalized spacial score (nSPS) is 12.8. The minimum atomic E-state index is -0.176. The number of benzene rings is 9. The molecule has 1 aliphatic carbocycles. The predicted molar refractivity (Wildman–Crippen MR) is 263 cm³/mol. The Morgan fingerprint density at radius 1 is 0.328 bits per heavy atom. The topological polar surface area (TPSA) is 6.48 Å². The average Bonchev–Trinajstić information content (AvgIpc) is 3.47. The molecule has 0 saturated heterocycles. The molecule has 2 nitrogen and oxygen atoms in total. The first-order chi connectivity index (χ1) is 29.6. The summed E-state index contributed by atoms with van der Waals surface area (Å²) in [5.41, 5.74) is 19.5. The van der Waals surface area contributed by atoms with Crippen LogP contribution in [0.25, 0.3) is 44.8 Å². The van der Waals surface area contributed by atoms with Crippen LogP contribution < -0.4 is 9.80 Å². The van der Waals surface area contributed by atoms with Crippen LogP contribution >= 0.6 is 0 Å². The summed E-state index contributed by atoms with van der Waals surface area (Å²) < 4.78 is 0. The Labute approximate surface area is 360 Å². The molecule has 61 heavy (non-hydrogen) atoms. The van der Waals surface area contributed by atoms with E-state index in [1.165, 1.54) is 83.0 Å². The zero-order valence-electron chi connectivity index (χ0n) is 35.9. The quantitative estimate of drug-likeness (QED) is 0.142. The lowest BCUT2D eigenvalue weighted by Crippen LogP contribution is -2.17. The van der Waals surface area contributed by atoms with Crippen molar-refractivity contribution >= 4 is 67.8 Å². The summed E-state index contributed by atoms with van der Waals surface area (Å²) in [5, 5.41) is 4.96. The van der Waals surface area contributed by atoms with E-state index in [-0.39, 0.29) is 5.41 Å². The van der Waals surface area contributed by atoms with Crippen LogP contribution in [-0.2, 0) is 5.41 Å². The number of hydrogen-bond acceptors (Lipinski definition) is 2. The van der Waals surface area contributed by atoms with E-state index in [4.69, 9.17) is 0 Å². The summed E-state index contributed by atoms with van der Waals surface area (Å²) in [4.78, 5) is 4.79. The Kier molecular flexibility index (Phi) is 9.45. The van der Waals surface area contributed by atoms with Crippen LogP contribution in [0.4, 0.5) is 34.1 Å².